The minimum atomic E-state index is 0.223. The van der Waals surface area contributed by atoms with Gasteiger partial charge in [-0.25, -0.2) is 0 Å². The molecule has 1 aliphatic heterocycles. The van der Waals surface area contributed by atoms with Gasteiger partial charge in [0.2, 0.25) is 5.91 Å². The van der Waals surface area contributed by atoms with Crippen LogP contribution in [-0.2, 0) is 4.79 Å². The van der Waals surface area contributed by atoms with Gasteiger partial charge in [0.25, 0.3) is 0 Å². The Morgan fingerprint density at radius 3 is 2.86 bits per heavy atom. The van der Waals surface area contributed by atoms with Gasteiger partial charge in [0.05, 0.1) is 0 Å². The molecule has 1 amide bonds. The molecule has 2 atom stereocenters. The Hall–Kier alpha value is -0.570. The molecule has 1 aliphatic rings. The van der Waals surface area contributed by atoms with Gasteiger partial charge in [-0.1, -0.05) is 6.92 Å². The molecule has 1 heterocycles. The van der Waals surface area contributed by atoms with E-state index >= 15 is 0 Å². The summed E-state index contributed by atoms with van der Waals surface area (Å²) in [6.07, 6.45) is 3.73. The summed E-state index contributed by atoms with van der Waals surface area (Å²) in [5.41, 5.74) is 5.63. The first kappa shape index (κ1) is 11.5. The van der Waals surface area contributed by atoms with Gasteiger partial charge in [0, 0.05) is 25.6 Å². The quantitative estimate of drug-likeness (QED) is 0.741. The minimum Gasteiger partial charge on any atom is -0.342 e. The molecule has 3 heteroatoms. The van der Waals surface area contributed by atoms with Crippen molar-refractivity contribution < 1.29 is 4.79 Å². The highest BCUT2D eigenvalue weighted by atomic mass is 16.2. The number of amides is 1. The Bertz CT molecular complexity index is 192. The van der Waals surface area contributed by atoms with Crippen molar-refractivity contribution in [3.63, 3.8) is 0 Å². The maximum atomic E-state index is 11.7. The summed E-state index contributed by atoms with van der Waals surface area (Å²) in [7, 11) is 0. The molecule has 0 aromatic carbocycles. The van der Waals surface area contributed by atoms with Crippen molar-refractivity contribution in [2.24, 2.45) is 11.7 Å². The summed E-state index contributed by atoms with van der Waals surface area (Å²) >= 11 is 0. The maximum Gasteiger partial charge on any atom is 0.222 e. The molecule has 0 aromatic heterocycles. The molecule has 2 N–H and O–H groups in total. The van der Waals surface area contributed by atoms with E-state index in [4.69, 9.17) is 5.73 Å². The molecular formula is C11H22N2O. The van der Waals surface area contributed by atoms with Crippen LogP contribution in [0.25, 0.3) is 0 Å². The van der Waals surface area contributed by atoms with Crippen molar-refractivity contribution in [1.82, 2.24) is 4.90 Å². The lowest BCUT2D eigenvalue weighted by atomic mass is 10.1. The standard InChI is InChI=1S/C11H22N2O/c1-9-6-7-13(8-9)11(14)5-3-4-10(2)12/h9-10H,3-8,12H2,1-2H3. The zero-order valence-corrected chi connectivity index (χ0v) is 9.33. The molecule has 3 nitrogen and oxygen atoms in total. The minimum absolute atomic E-state index is 0.223. The molecule has 0 aliphatic carbocycles. The van der Waals surface area contributed by atoms with Crippen LogP contribution in [0.3, 0.4) is 0 Å². The first-order valence-electron chi connectivity index (χ1n) is 5.63. The van der Waals surface area contributed by atoms with E-state index in [1.807, 2.05) is 11.8 Å². The van der Waals surface area contributed by atoms with Gasteiger partial charge in [-0.15, -0.1) is 0 Å². The smallest absolute Gasteiger partial charge is 0.222 e. The Morgan fingerprint density at radius 1 is 1.64 bits per heavy atom. The number of rotatable bonds is 4. The van der Waals surface area contributed by atoms with E-state index in [9.17, 15) is 4.79 Å². The largest absolute Gasteiger partial charge is 0.342 e. The van der Waals surface area contributed by atoms with Gasteiger partial charge < -0.3 is 10.6 Å². The molecule has 1 fully saturated rings. The van der Waals surface area contributed by atoms with Crippen LogP contribution in [0.4, 0.5) is 0 Å². The Kier molecular flexibility index (Phi) is 4.39. The molecule has 0 radical (unpaired) electrons. The molecule has 1 saturated heterocycles. The van der Waals surface area contributed by atoms with E-state index in [-0.39, 0.29) is 6.04 Å². The van der Waals surface area contributed by atoms with Gasteiger partial charge in [0.15, 0.2) is 0 Å². The molecular weight excluding hydrogens is 176 g/mol. The van der Waals surface area contributed by atoms with Crippen LogP contribution in [0.5, 0.6) is 0 Å². The number of hydrogen-bond acceptors (Lipinski definition) is 2. The van der Waals surface area contributed by atoms with E-state index in [2.05, 4.69) is 6.92 Å². The van der Waals surface area contributed by atoms with E-state index in [0.717, 1.165) is 25.9 Å². The van der Waals surface area contributed by atoms with E-state index in [1.54, 1.807) is 0 Å². The fourth-order valence-electron chi connectivity index (χ4n) is 1.89. The first-order valence-corrected chi connectivity index (χ1v) is 5.63. The predicted molar refractivity (Wildman–Crippen MR) is 57.9 cm³/mol. The van der Waals surface area contributed by atoms with Crippen molar-refractivity contribution in [2.45, 2.75) is 45.6 Å². The molecule has 0 bridgehead atoms. The average Bonchev–Trinajstić information content (AvgIpc) is 2.51. The number of likely N-dealkylation sites (tertiary alicyclic amines) is 1. The van der Waals surface area contributed by atoms with Crippen LogP contribution < -0.4 is 5.73 Å². The van der Waals surface area contributed by atoms with Crippen LogP contribution in [-0.4, -0.2) is 29.9 Å². The number of nitrogens with zero attached hydrogens (tertiary/aromatic N) is 1. The van der Waals surface area contributed by atoms with Crippen LogP contribution in [0.1, 0.15) is 39.5 Å². The topological polar surface area (TPSA) is 46.3 Å². The molecule has 1 rings (SSSR count). The summed E-state index contributed by atoms with van der Waals surface area (Å²) in [6, 6.07) is 0.223. The molecule has 0 spiro atoms. The third-order valence-corrected chi connectivity index (χ3v) is 2.83. The van der Waals surface area contributed by atoms with Crippen LogP contribution in [0.15, 0.2) is 0 Å². The van der Waals surface area contributed by atoms with Crippen LogP contribution in [0, 0.1) is 5.92 Å². The molecule has 2 unspecified atom stereocenters. The molecule has 14 heavy (non-hydrogen) atoms. The molecule has 0 saturated carbocycles. The second-order valence-electron chi connectivity index (χ2n) is 4.60. The summed E-state index contributed by atoms with van der Waals surface area (Å²) in [4.78, 5) is 13.6. The summed E-state index contributed by atoms with van der Waals surface area (Å²) in [5.74, 6) is 1.00. The Morgan fingerprint density at radius 2 is 2.36 bits per heavy atom. The number of carbonyl (C=O) groups is 1. The SMILES string of the molecule is CC(N)CCCC(=O)N1CCC(C)C1. The second-order valence-corrected chi connectivity index (χ2v) is 4.60. The van der Waals surface area contributed by atoms with Gasteiger partial charge in [0.1, 0.15) is 0 Å². The number of carbonyl (C=O) groups excluding carboxylic acids is 1. The first-order chi connectivity index (χ1) is 6.59. The van der Waals surface area contributed by atoms with Crippen molar-refractivity contribution in [3.05, 3.63) is 0 Å². The van der Waals surface area contributed by atoms with Crippen molar-refractivity contribution in [1.29, 1.82) is 0 Å². The summed E-state index contributed by atoms with van der Waals surface area (Å²) in [6.45, 7) is 6.10. The van der Waals surface area contributed by atoms with Gasteiger partial charge in [-0.05, 0) is 32.1 Å². The predicted octanol–water partition coefficient (Wildman–Crippen LogP) is 1.37. The fraction of sp³-hybridized carbons (Fsp3) is 0.909. The van der Waals surface area contributed by atoms with Crippen molar-refractivity contribution >= 4 is 5.91 Å². The molecule has 0 aromatic rings. The summed E-state index contributed by atoms with van der Waals surface area (Å²) < 4.78 is 0. The van der Waals surface area contributed by atoms with Gasteiger partial charge in [-0.2, -0.15) is 0 Å². The third kappa shape index (κ3) is 3.66. The highest BCUT2D eigenvalue weighted by molar-refractivity contribution is 5.76. The zero-order chi connectivity index (χ0) is 10.6. The number of hydrogen-bond donors (Lipinski definition) is 1. The fourth-order valence-corrected chi connectivity index (χ4v) is 1.89. The monoisotopic (exact) mass is 198 g/mol. The second kappa shape index (κ2) is 5.35. The average molecular weight is 198 g/mol. The third-order valence-electron chi connectivity index (χ3n) is 2.83. The highest BCUT2D eigenvalue weighted by Crippen LogP contribution is 2.16. The zero-order valence-electron chi connectivity index (χ0n) is 9.33. The van der Waals surface area contributed by atoms with E-state index in [0.29, 0.717) is 18.2 Å². The maximum absolute atomic E-state index is 11.7. The molecule has 82 valence electrons. The lowest BCUT2D eigenvalue weighted by molar-refractivity contribution is -0.130. The van der Waals surface area contributed by atoms with E-state index in [1.165, 1.54) is 6.42 Å². The Labute approximate surface area is 86.6 Å². The van der Waals surface area contributed by atoms with Crippen LogP contribution >= 0.6 is 0 Å². The van der Waals surface area contributed by atoms with Gasteiger partial charge >= 0.3 is 0 Å². The lowest BCUT2D eigenvalue weighted by Gasteiger charge is -2.15. The van der Waals surface area contributed by atoms with Crippen molar-refractivity contribution in [3.8, 4) is 0 Å². The lowest BCUT2D eigenvalue weighted by Crippen LogP contribution is -2.28. The van der Waals surface area contributed by atoms with Gasteiger partial charge in [-0.3, -0.25) is 4.79 Å². The van der Waals surface area contributed by atoms with E-state index < -0.39 is 0 Å². The summed E-state index contributed by atoms with van der Waals surface area (Å²) in [5, 5.41) is 0. The highest BCUT2D eigenvalue weighted by Gasteiger charge is 2.22. The number of nitrogens with two attached hydrogens (primary N) is 1. The van der Waals surface area contributed by atoms with Crippen LogP contribution in [0.2, 0.25) is 0 Å². The normalized spacial score (nSPS) is 23.9. The Balaban J connectivity index is 2.15. The van der Waals surface area contributed by atoms with Crippen molar-refractivity contribution in [2.75, 3.05) is 13.1 Å².